The molecule has 0 bridgehead atoms. The molecule has 1 fully saturated rings. The van der Waals surface area contributed by atoms with Crippen molar-refractivity contribution in [2.45, 2.75) is 24.2 Å². The van der Waals surface area contributed by atoms with Crippen LogP contribution in [0.1, 0.15) is 19.3 Å². The maximum Gasteiger partial charge on any atom is 0.414 e. The minimum absolute atomic E-state index is 0.106. The summed E-state index contributed by atoms with van der Waals surface area (Å²) in [5, 5.41) is 25.5. The fourth-order valence-electron chi connectivity index (χ4n) is 3.43. The molecule has 0 spiro atoms. The van der Waals surface area contributed by atoms with Crippen LogP contribution in [-0.4, -0.2) is 77.4 Å². The van der Waals surface area contributed by atoms with Crippen LogP contribution in [0.4, 0.5) is 5.69 Å². The number of hydrogen-bond acceptors (Lipinski definition) is 7. The Labute approximate surface area is 179 Å². The van der Waals surface area contributed by atoms with Gasteiger partial charge >= 0.3 is 11.9 Å². The van der Waals surface area contributed by atoms with Crippen molar-refractivity contribution in [3.05, 3.63) is 46.5 Å². The van der Waals surface area contributed by atoms with E-state index in [1.807, 2.05) is 0 Å². The molecule has 1 unspecified atom stereocenters. The molecule has 11 nitrogen and oxygen atoms in total. The second-order valence-corrected chi connectivity index (χ2v) is 9.15. The summed E-state index contributed by atoms with van der Waals surface area (Å²) in [7, 11) is -3.59. The standard InChI is InChI=1S/C17H23N3O4S.C2H2O4/c21-20(22)16-6-8-17(9-7-16)25(23,24)19-12-10-18(11-13-19)14-15-4-2-1-3-5-15;3-1(4)2(5)6/h1-2,6-9,15H,3-5,10-14H2;(H,3,4)(H,5,6). The predicted molar refractivity (Wildman–Crippen MR) is 110 cm³/mol. The van der Waals surface area contributed by atoms with Crippen molar-refractivity contribution in [2.24, 2.45) is 5.92 Å². The van der Waals surface area contributed by atoms with Crippen LogP contribution in [0.15, 0.2) is 41.3 Å². The smallest absolute Gasteiger partial charge is 0.414 e. The second kappa shape index (κ2) is 11.0. The van der Waals surface area contributed by atoms with E-state index in [-0.39, 0.29) is 10.6 Å². The number of piperazine rings is 1. The van der Waals surface area contributed by atoms with Crippen LogP contribution in [0.5, 0.6) is 0 Å². The monoisotopic (exact) mass is 455 g/mol. The molecule has 1 heterocycles. The van der Waals surface area contributed by atoms with Crippen molar-refractivity contribution < 1.29 is 33.1 Å². The lowest BCUT2D eigenvalue weighted by Crippen LogP contribution is -2.49. The molecule has 1 aromatic carbocycles. The number of nitrogens with zero attached hydrogens (tertiary/aromatic N) is 3. The summed E-state index contributed by atoms with van der Waals surface area (Å²) >= 11 is 0. The van der Waals surface area contributed by atoms with Crippen molar-refractivity contribution in [1.29, 1.82) is 0 Å². The number of sulfonamides is 1. The molecule has 3 rings (SSSR count). The molecule has 0 radical (unpaired) electrons. The Balaban J connectivity index is 0.000000501. The van der Waals surface area contributed by atoms with Gasteiger partial charge in [0, 0.05) is 44.9 Å². The molecular formula is C19H25N3O8S. The van der Waals surface area contributed by atoms with E-state index in [0.29, 0.717) is 19.0 Å². The van der Waals surface area contributed by atoms with Crippen LogP contribution in [0.25, 0.3) is 0 Å². The summed E-state index contributed by atoms with van der Waals surface area (Å²) in [6, 6.07) is 5.10. The third-order valence-corrected chi connectivity index (χ3v) is 7.01. The number of hydrogen-bond donors (Lipinski definition) is 2. The van der Waals surface area contributed by atoms with Crippen molar-refractivity contribution >= 4 is 27.6 Å². The highest BCUT2D eigenvalue weighted by molar-refractivity contribution is 7.89. The van der Waals surface area contributed by atoms with Crippen molar-refractivity contribution in [1.82, 2.24) is 9.21 Å². The third kappa shape index (κ3) is 7.12. The highest BCUT2D eigenvalue weighted by Crippen LogP contribution is 2.23. The number of non-ortho nitro benzene ring substituents is 1. The molecule has 0 saturated carbocycles. The number of rotatable bonds is 5. The van der Waals surface area contributed by atoms with Gasteiger partial charge in [0.15, 0.2) is 0 Å². The average Bonchev–Trinajstić information content (AvgIpc) is 2.75. The summed E-state index contributed by atoms with van der Waals surface area (Å²) in [5.74, 6) is -2.98. The minimum Gasteiger partial charge on any atom is -0.473 e. The molecule has 1 aliphatic carbocycles. The lowest BCUT2D eigenvalue weighted by atomic mass is 9.94. The third-order valence-electron chi connectivity index (χ3n) is 5.09. The minimum atomic E-state index is -3.59. The molecule has 1 aliphatic heterocycles. The highest BCUT2D eigenvalue weighted by Gasteiger charge is 2.29. The molecular weight excluding hydrogens is 430 g/mol. The van der Waals surface area contributed by atoms with Gasteiger partial charge in [0.1, 0.15) is 0 Å². The van der Waals surface area contributed by atoms with E-state index in [9.17, 15) is 18.5 Å². The SMILES string of the molecule is O=C(O)C(=O)O.O=[N+]([O-])c1ccc(S(=O)(=O)N2CCN(CC3CC=CCC3)CC2)cc1. The number of aliphatic carboxylic acids is 2. The molecule has 1 aromatic rings. The van der Waals surface area contributed by atoms with Crippen molar-refractivity contribution in [2.75, 3.05) is 32.7 Å². The van der Waals surface area contributed by atoms with Gasteiger partial charge < -0.3 is 15.1 Å². The lowest BCUT2D eigenvalue weighted by Gasteiger charge is -2.36. The van der Waals surface area contributed by atoms with Crippen molar-refractivity contribution in [3.8, 4) is 0 Å². The van der Waals surface area contributed by atoms with E-state index in [4.69, 9.17) is 19.8 Å². The Bertz CT molecular complexity index is 910. The van der Waals surface area contributed by atoms with Crippen LogP contribution in [0.3, 0.4) is 0 Å². The Morgan fingerprint density at radius 3 is 2.06 bits per heavy atom. The average molecular weight is 455 g/mol. The molecule has 31 heavy (non-hydrogen) atoms. The Morgan fingerprint density at radius 2 is 1.61 bits per heavy atom. The number of carboxylic acids is 2. The van der Waals surface area contributed by atoms with Gasteiger partial charge in [0.05, 0.1) is 9.82 Å². The van der Waals surface area contributed by atoms with Crippen LogP contribution in [0, 0.1) is 16.0 Å². The normalized spacial score (nSPS) is 19.8. The van der Waals surface area contributed by atoms with E-state index in [1.165, 1.54) is 35.0 Å². The Kier molecular flexibility index (Phi) is 8.65. The first kappa shape index (κ1) is 24.4. The Hall–Kier alpha value is -2.83. The van der Waals surface area contributed by atoms with Gasteiger partial charge in [0.25, 0.3) is 5.69 Å². The van der Waals surface area contributed by atoms with Crippen LogP contribution < -0.4 is 0 Å². The molecule has 12 heteroatoms. The summed E-state index contributed by atoms with van der Waals surface area (Å²) < 4.78 is 26.9. The van der Waals surface area contributed by atoms with Gasteiger partial charge in [-0.25, -0.2) is 18.0 Å². The summed E-state index contributed by atoms with van der Waals surface area (Å²) in [6.07, 6.45) is 7.92. The molecule has 1 saturated heterocycles. The van der Waals surface area contributed by atoms with E-state index in [1.54, 1.807) is 0 Å². The predicted octanol–water partition coefficient (Wildman–Crippen LogP) is 1.41. The second-order valence-electron chi connectivity index (χ2n) is 7.22. The lowest BCUT2D eigenvalue weighted by molar-refractivity contribution is -0.384. The Morgan fingerprint density at radius 1 is 1.03 bits per heavy atom. The quantitative estimate of drug-likeness (QED) is 0.290. The van der Waals surface area contributed by atoms with E-state index >= 15 is 0 Å². The molecule has 170 valence electrons. The number of benzene rings is 1. The zero-order valence-electron chi connectivity index (χ0n) is 16.8. The first-order valence-electron chi connectivity index (χ1n) is 9.69. The zero-order chi connectivity index (χ0) is 23.0. The number of carbonyl (C=O) groups is 2. The topological polar surface area (TPSA) is 158 Å². The maximum absolute atomic E-state index is 12.7. The fraction of sp³-hybridized carbons (Fsp3) is 0.474. The summed E-state index contributed by atoms with van der Waals surface area (Å²) in [4.78, 5) is 30.8. The van der Waals surface area contributed by atoms with E-state index in [0.717, 1.165) is 32.5 Å². The van der Waals surface area contributed by atoms with Gasteiger partial charge in [0.2, 0.25) is 10.0 Å². The van der Waals surface area contributed by atoms with E-state index in [2.05, 4.69) is 17.1 Å². The number of carboxylic acid groups (broad SMARTS) is 2. The molecule has 2 N–H and O–H groups in total. The van der Waals surface area contributed by atoms with Gasteiger partial charge in [-0.15, -0.1) is 0 Å². The van der Waals surface area contributed by atoms with E-state index < -0.39 is 26.9 Å². The first-order valence-corrected chi connectivity index (χ1v) is 11.1. The number of allylic oxidation sites excluding steroid dienone is 2. The molecule has 0 aromatic heterocycles. The summed E-state index contributed by atoms with van der Waals surface area (Å²) in [6.45, 7) is 3.40. The molecule has 0 amide bonds. The van der Waals surface area contributed by atoms with Gasteiger partial charge in [-0.1, -0.05) is 12.2 Å². The number of nitro benzene ring substituents is 1. The fourth-order valence-corrected chi connectivity index (χ4v) is 4.85. The van der Waals surface area contributed by atoms with Crippen LogP contribution in [-0.2, 0) is 19.6 Å². The summed E-state index contributed by atoms with van der Waals surface area (Å²) in [5.41, 5.74) is -0.106. The number of nitro groups is 1. The highest BCUT2D eigenvalue weighted by atomic mass is 32.2. The van der Waals surface area contributed by atoms with Gasteiger partial charge in [-0.3, -0.25) is 10.1 Å². The van der Waals surface area contributed by atoms with Crippen molar-refractivity contribution in [3.63, 3.8) is 0 Å². The van der Waals surface area contributed by atoms with Crippen LogP contribution in [0.2, 0.25) is 0 Å². The zero-order valence-corrected chi connectivity index (χ0v) is 17.6. The van der Waals surface area contributed by atoms with Gasteiger partial charge in [-0.2, -0.15) is 4.31 Å². The van der Waals surface area contributed by atoms with Crippen LogP contribution >= 0.6 is 0 Å². The first-order chi connectivity index (χ1) is 14.6. The molecule has 1 atom stereocenters. The van der Waals surface area contributed by atoms with Gasteiger partial charge in [-0.05, 0) is 37.3 Å². The maximum atomic E-state index is 12.7. The largest absolute Gasteiger partial charge is 0.473 e. The molecule has 2 aliphatic rings.